The van der Waals surface area contributed by atoms with Crippen LogP contribution in [0.25, 0.3) is 5.69 Å². The molecule has 6 nitrogen and oxygen atoms in total. The van der Waals surface area contributed by atoms with Gasteiger partial charge in [-0.2, -0.15) is 0 Å². The Labute approximate surface area is 132 Å². The first-order valence-corrected chi connectivity index (χ1v) is 7.00. The van der Waals surface area contributed by atoms with E-state index in [0.717, 1.165) is 0 Å². The fourth-order valence-corrected chi connectivity index (χ4v) is 2.19. The lowest BCUT2D eigenvalue weighted by Crippen LogP contribution is -2.13. The minimum atomic E-state index is -0.328. The van der Waals surface area contributed by atoms with Crippen molar-refractivity contribution >= 4 is 11.7 Å². The zero-order chi connectivity index (χ0) is 16.2. The van der Waals surface area contributed by atoms with Crippen molar-refractivity contribution in [1.82, 2.24) is 9.78 Å². The van der Waals surface area contributed by atoms with Gasteiger partial charge >= 0.3 is 0 Å². The van der Waals surface area contributed by atoms with Crippen molar-refractivity contribution in [2.24, 2.45) is 0 Å². The molecule has 1 aromatic heterocycles. The van der Waals surface area contributed by atoms with Gasteiger partial charge in [-0.3, -0.25) is 14.7 Å². The lowest BCUT2D eigenvalue weighted by Gasteiger charge is -2.05. The Balaban J connectivity index is 1.83. The Hall–Kier alpha value is -3.28. The van der Waals surface area contributed by atoms with Crippen LogP contribution < -0.4 is 15.6 Å². The van der Waals surface area contributed by atoms with Gasteiger partial charge in [-0.05, 0) is 30.3 Å². The summed E-state index contributed by atoms with van der Waals surface area (Å²) in [5, 5.41) is 5.54. The average Bonchev–Trinajstić information content (AvgIpc) is 2.96. The van der Waals surface area contributed by atoms with Crippen molar-refractivity contribution in [2.75, 3.05) is 12.4 Å². The molecular formula is C17H15N3O3. The standard InChI is InChI=1S/C17H15N3O3/c1-23-14-9-5-6-12(10-14)17(22)18-15-11-16(21)20(19-15)13-7-3-2-4-8-13/h2-11,19H,1H3,(H,18,22). The number of methoxy groups -OCH3 is 1. The maximum Gasteiger partial charge on any atom is 0.273 e. The molecule has 3 aromatic rings. The molecule has 2 aromatic carbocycles. The van der Waals surface area contributed by atoms with E-state index in [2.05, 4.69) is 10.4 Å². The van der Waals surface area contributed by atoms with Crippen LogP contribution in [0.4, 0.5) is 5.82 Å². The van der Waals surface area contributed by atoms with E-state index in [-0.39, 0.29) is 11.5 Å². The van der Waals surface area contributed by atoms with Crippen LogP contribution in [0.3, 0.4) is 0 Å². The number of nitrogens with zero attached hydrogens (tertiary/aromatic N) is 1. The molecule has 0 aliphatic rings. The van der Waals surface area contributed by atoms with Gasteiger partial charge in [-0.25, -0.2) is 4.68 Å². The van der Waals surface area contributed by atoms with Crippen LogP contribution >= 0.6 is 0 Å². The molecule has 0 radical (unpaired) electrons. The van der Waals surface area contributed by atoms with Crippen molar-refractivity contribution in [3.63, 3.8) is 0 Å². The second-order valence-electron chi connectivity index (χ2n) is 4.87. The van der Waals surface area contributed by atoms with Crippen LogP contribution in [0.15, 0.2) is 65.5 Å². The lowest BCUT2D eigenvalue weighted by molar-refractivity contribution is 0.102. The number of para-hydroxylation sites is 1. The third kappa shape index (κ3) is 3.16. The molecule has 0 fully saturated rings. The van der Waals surface area contributed by atoms with Crippen molar-refractivity contribution in [3.8, 4) is 11.4 Å². The smallest absolute Gasteiger partial charge is 0.273 e. The number of H-pyrrole nitrogens is 1. The number of aromatic nitrogens is 2. The Bertz CT molecular complexity index is 881. The molecule has 0 saturated heterocycles. The van der Waals surface area contributed by atoms with E-state index in [9.17, 15) is 9.59 Å². The predicted molar refractivity (Wildman–Crippen MR) is 87.3 cm³/mol. The van der Waals surface area contributed by atoms with Gasteiger partial charge in [0, 0.05) is 11.6 Å². The van der Waals surface area contributed by atoms with Crippen molar-refractivity contribution in [1.29, 1.82) is 0 Å². The summed E-state index contributed by atoms with van der Waals surface area (Å²) >= 11 is 0. The summed E-state index contributed by atoms with van der Waals surface area (Å²) in [6.07, 6.45) is 0. The molecule has 1 heterocycles. The van der Waals surface area contributed by atoms with E-state index in [1.807, 2.05) is 18.2 Å². The minimum absolute atomic E-state index is 0.253. The summed E-state index contributed by atoms with van der Waals surface area (Å²) in [6.45, 7) is 0. The summed E-state index contributed by atoms with van der Waals surface area (Å²) in [4.78, 5) is 24.3. The highest BCUT2D eigenvalue weighted by atomic mass is 16.5. The van der Waals surface area contributed by atoms with E-state index in [0.29, 0.717) is 22.8 Å². The van der Waals surface area contributed by atoms with E-state index >= 15 is 0 Å². The molecule has 0 unspecified atom stereocenters. The monoisotopic (exact) mass is 309 g/mol. The molecule has 0 saturated carbocycles. The zero-order valence-corrected chi connectivity index (χ0v) is 12.4. The van der Waals surface area contributed by atoms with Crippen LogP contribution in [-0.4, -0.2) is 22.8 Å². The highest BCUT2D eigenvalue weighted by Crippen LogP contribution is 2.14. The van der Waals surface area contributed by atoms with Crippen LogP contribution in [0, 0.1) is 0 Å². The third-order valence-electron chi connectivity index (χ3n) is 3.31. The number of carbonyl (C=O) groups excluding carboxylic acids is 1. The number of benzene rings is 2. The van der Waals surface area contributed by atoms with E-state index in [1.54, 1.807) is 36.4 Å². The summed E-state index contributed by atoms with van der Waals surface area (Å²) < 4.78 is 6.46. The third-order valence-corrected chi connectivity index (χ3v) is 3.31. The number of hydrogen-bond donors (Lipinski definition) is 2. The molecule has 0 spiro atoms. The maximum absolute atomic E-state index is 12.2. The molecular weight excluding hydrogens is 294 g/mol. The summed E-state index contributed by atoms with van der Waals surface area (Å²) in [6, 6.07) is 17.2. The molecule has 116 valence electrons. The number of aromatic amines is 1. The van der Waals surface area contributed by atoms with Crippen molar-refractivity contribution in [2.45, 2.75) is 0 Å². The SMILES string of the molecule is COc1cccc(C(=O)Nc2cc(=O)n(-c3ccccc3)[nH]2)c1. The molecule has 3 rings (SSSR count). The molecule has 6 heteroatoms. The molecule has 0 aliphatic heterocycles. The van der Waals surface area contributed by atoms with Gasteiger partial charge in [-0.15, -0.1) is 0 Å². The molecule has 0 bridgehead atoms. The summed E-state index contributed by atoms with van der Waals surface area (Å²) in [7, 11) is 1.54. The van der Waals surface area contributed by atoms with Crippen LogP contribution in [0.5, 0.6) is 5.75 Å². The molecule has 1 amide bonds. The first-order valence-electron chi connectivity index (χ1n) is 7.00. The summed E-state index contributed by atoms with van der Waals surface area (Å²) in [5.41, 5.74) is 0.884. The van der Waals surface area contributed by atoms with E-state index < -0.39 is 0 Å². The van der Waals surface area contributed by atoms with E-state index in [4.69, 9.17) is 4.74 Å². The first kappa shape index (κ1) is 14.6. The topological polar surface area (TPSA) is 76.1 Å². The number of hydrogen-bond acceptors (Lipinski definition) is 3. The highest BCUT2D eigenvalue weighted by Gasteiger charge is 2.10. The van der Waals surface area contributed by atoms with Gasteiger partial charge in [0.25, 0.3) is 11.5 Å². The van der Waals surface area contributed by atoms with Gasteiger partial charge in [-0.1, -0.05) is 24.3 Å². The Kier molecular flexibility index (Phi) is 3.97. The lowest BCUT2D eigenvalue weighted by atomic mass is 10.2. The quantitative estimate of drug-likeness (QED) is 0.777. The van der Waals surface area contributed by atoms with Crippen molar-refractivity contribution < 1.29 is 9.53 Å². The van der Waals surface area contributed by atoms with Gasteiger partial charge in [0.2, 0.25) is 0 Å². The Morgan fingerprint density at radius 3 is 2.61 bits per heavy atom. The predicted octanol–water partition coefficient (Wildman–Crippen LogP) is 2.43. The number of amides is 1. The maximum atomic E-state index is 12.2. The number of rotatable bonds is 4. The molecule has 23 heavy (non-hydrogen) atoms. The molecule has 2 N–H and O–H groups in total. The zero-order valence-electron chi connectivity index (χ0n) is 12.4. The van der Waals surface area contributed by atoms with Crippen LogP contribution in [-0.2, 0) is 0 Å². The van der Waals surface area contributed by atoms with Gasteiger partial charge in [0.15, 0.2) is 0 Å². The van der Waals surface area contributed by atoms with Gasteiger partial charge < -0.3 is 10.1 Å². The normalized spacial score (nSPS) is 10.3. The largest absolute Gasteiger partial charge is 0.497 e. The van der Waals surface area contributed by atoms with E-state index in [1.165, 1.54) is 17.9 Å². The molecule has 0 aliphatic carbocycles. The highest BCUT2D eigenvalue weighted by molar-refractivity contribution is 6.03. The minimum Gasteiger partial charge on any atom is -0.497 e. The second kappa shape index (κ2) is 6.23. The Morgan fingerprint density at radius 2 is 1.87 bits per heavy atom. The second-order valence-corrected chi connectivity index (χ2v) is 4.87. The fourth-order valence-electron chi connectivity index (χ4n) is 2.19. The number of ether oxygens (including phenoxy) is 1. The summed E-state index contributed by atoms with van der Waals surface area (Å²) in [5.74, 6) is 0.588. The van der Waals surface area contributed by atoms with Crippen molar-refractivity contribution in [3.05, 3.63) is 76.6 Å². The van der Waals surface area contributed by atoms with Gasteiger partial charge in [0.1, 0.15) is 11.6 Å². The number of anilines is 1. The average molecular weight is 309 g/mol. The van der Waals surface area contributed by atoms with Crippen LogP contribution in [0.1, 0.15) is 10.4 Å². The number of nitrogens with one attached hydrogen (secondary N) is 2. The Morgan fingerprint density at radius 1 is 1.09 bits per heavy atom. The van der Waals surface area contributed by atoms with Gasteiger partial charge in [0.05, 0.1) is 12.8 Å². The van der Waals surface area contributed by atoms with Crippen LogP contribution in [0.2, 0.25) is 0 Å². The number of carbonyl (C=O) groups is 1. The molecule has 0 atom stereocenters. The first-order chi connectivity index (χ1) is 11.2. The fraction of sp³-hybridized carbons (Fsp3) is 0.0588.